The van der Waals surface area contributed by atoms with Gasteiger partial charge in [0.2, 0.25) is 0 Å². The molecule has 0 spiro atoms. The van der Waals surface area contributed by atoms with Crippen LogP contribution in [0.3, 0.4) is 0 Å². The van der Waals surface area contributed by atoms with E-state index in [1.807, 2.05) is 0 Å². The Kier molecular flexibility index (Phi) is 8.26. The minimum Gasteiger partial charge on any atom is -0.493 e. The average Bonchev–Trinajstić information content (AvgIpc) is 2.71. The quantitative estimate of drug-likeness (QED) is 0.589. The van der Waals surface area contributed by atoms with Gasteiger partial charge in [0.15, 0.2) is 6.61 Å². The van der Waals surface area contributed by atoms with Crippen LogP contribution in [0, 0.1) is 0 Å². The molecule has 0 saturated heterocycles. The van der Waals surface area contributed by atoms with Gasteiger partial charge in [0, 0.05) is 5.69 Å². The monoisotopic (exact) mass is 458 g/mol. The maximum Gasteiger partial charge on any atom is 0.417 e. The van der Waals surface area contributed by atoms with Crippen LogP contribution < -0.4 is 15.4 Å². The lowest BCUT2D eigenvalue weighted by molar-refractivity contribution is -0.146. The number of halogens is 4. The maximum atomic E-state index is 12.9. The number of carbonyl (C=O) groups excluding carboxylic acids is 3. The van der Waals surface area contributed by atoms with E-state index in [1.54, 1.807) is 25.1 Å². The molecular weight excluding hydrogens is 441 g/mol. The first-order valence-electron chi connectivity index (χ1n) is 8.94. The Balaban J connectivity index is 1.84. The van der Waals surface area contributed by atoms with E-state index >= 15 is 0 Å². The molecule has 31 heavy (non-hydrogen) atoms. The molecule has 2 amide bonds. The summed E-state index contributed by atoms with van der Waals surface area (Å²) in [6.07, 6.45) is -4.69. The first-order chi connectivity index (χ1) is 14.6. The smallest absolute Gasteiger partial charge is 0.417 e. The molecule has 0 aliphatic heterocycles. The number of ether oxygens (including phenoxy) is 2. The first kappa shape index (κ1) is 24.0. The molecule has 2 aromatic rings. The molecule has 0 aliphatic carbocycles. The van der Waals surface area contributed by atoms with Gasteiger partial charge >= 0.3 is 12.1 Å². The van der Waals surface area contributed by atoms with Gasteiger partial charge in [-0.05, 0) is 37.3 Å². The van der Waals surface area contributed by atoms with Gasteiger partial charge in [0.25, 0.3) is 11.8 Å². The molecule has 2 N–H and O–H groups in total. The van der Waals surface area contributed by atoms with Gasteiger partial charge < -0.3 is 20.1 Å². The summed E-state index contributed by atoms with van der Waals surface area (Å²) < 4.78 is 48.6. The third-order valence-corrected chi connectivity index (χ3v) is 4.07. The minimum atomic E-state index is -4.69. The number of carbonyl (C=O) groups is 3. The summed E-state index contributed by atoms with van der Waals surface area (Å²) in [5, 5.41) is 3.99. The number of hydrogen-bond donors (Lipinski definition) is 2. The van der Waals surface area contributed by atoms with E-state index in [2.05, 4.69) is 10.6 Å². The van der Waals surface area contributed by atoms with Crippen LogP contribution in [0.4, 0.5) is 18.9 Å². The van der Waals surface area contributed by atoms with Crippen molar-refractivity contribution >= 4 is 35.1 Å². The molecule has 0 heterocycles. The lowest BCUT2D eigenvalue weighted by Gasteiger charge is -2.12. The second-order valence-electron chi connectivity index (χ2n) is 6.01. The zero-order valence-corrected chi connectivity index (χ0v) is 17.0. The number of esters is 1. The zero-order valence-electron chi connectivity index (χ0n) is 16.2. The number of benzene rings is 2. The lowest BCUT2D eigenvalue weighted by Crippen LogP contribution is -2.32. The van der Waals surface area contributed by atoms with E-state index in [9.17, 15) is 27.6 Å². The van der Waals surface area contributed by atoms with E-state index in [0.29, 0.717) is 18.4 Å². The van der Waals surface area contributed by atoms with E-state index < -0.39 is 47.7 Å². The molecular formula is C20H18ClF3N2O5. The average molecular weight is 459 g/mol. The molecule has 0 unspecified atom stereocenters. The molecule has 0 bridgehead atoms. The van der Waals surface area contributed by atoms with Crippen molar-refractivity contribution < 1.29 is 37.0 Å². The topological polar surface area (TPSA) is 93.7 Å². The third kappa shape index (κ3) is 7.18. The van der Waals surface area contributed by atoms with Crippen LogP contribution in [0.1, 0.15) is 22.8 Å². The molecule has 11 heteroatoms. The first-order valence-corrected chi connectivity index (χ1v) is 9.32. The Bertz CT molecular complexity index is 966. The summed E-state index contributed by atoms with van der Waals surface area (Å²) in [6.45, 7) is 0.824. The molecule has 0 aliphatic rings. The SMILES string of the molecule is CCOc1ccccc1C(=O)NCC(=O)OCC(=O)Nc1ccc(Cl)c(C(F)(F)F)c1. The number of anilines is 1. The maximum absolute atomic E-state index is 12.9. The molecule has 0 aromatic heterocycles. The van der Waals surface area contributed by atoms with Crippen molar-refractivity contribution in [2.75, 3.05) is 25.1 Å². The van der Waals surface area contributed by atoms with Crippen molar-refractivity contribution in [1.82, 2.24) is 5.32 Å². The number of nitrogens with one attached hydrogen (secondary N) is 2. The van der Waals surface area contributed by atoms with Crippen molar-refractivity contribution in [2.45, 2.75) is 13.1 Å². The van der Waals surface area contributed by atoms with E-state index in [0.717, 1.165) is 6.07 Å². The van der Waals surface area contributed by atoms with Crippen LogP contribution in [0.25, 0.3) is 0 Å². The van der Waals surface area contributed by atoms with Crippen molar-refractivity contribution in [3.8, 4) is 5.75 Å². The minimum absolute atomic E-state index is 0.168. The second kappa shape index (κ2) is 10.7. The highest BCUT2D eigenvalue weighted by Crippen LogP contribution is 2.36. The summed E-state index contributed by atoms with van der Waals surface area (Å²) in [5.41, 5.74) is -1.06. The van der Waals surface area contributed by atoms with Gasteiger partial charge in [-0.3, -0.25) is 14.4 Å². The number of rotatable bonds is 8. The molecule has 2 rings (SSSR count). The molecule has 0 radical (unpaired) electrons. The van der Waals surface area contributed by atoms with Gasteiger partial charge in [-0.25, -0.2) is 0 Å². The molecule has 0 fully saturated rings. The fourth-order valence-corrected chi connectivity index (χ4v) is 2.62. The van der Waals surface area contributed by atoms with E-state index in [1.165, 1.54) is 12.1 Å². The Morgan fingerprint density at radius 3 is 2.48 bits per heavy atom. The third-order valence-electron chi connectivity index (χ3n) is 3.74. The van der Waals surface area contributed by atoms with Crippen molar-refractivity contribution in [1.29, 1.82) is 0 Å². The fourth-order valence-electron chi connectivity index (χ4n) is 2.40. The molecule has 2 aromatic carbocycles. The zero-order chi connectivity index (χ0) is 23.0. The van der Waals surface area contributed by atoms with Gasteiger partial charge in [0.05, 0.1) is 22.8 Å². The summed E-state index contributed by atoms with van der Waals surface area (Å²) >= 11 is 5.51. The number of para-hydroxylation sites is 1. The molecule has 7 nitrogen and oxygen atoms in total. The fraction of sp³-hybridized carbons (Fsp3) is 0.250. The summed E-state index contributed by atoms with van der Waals surface area (Å²) in [4.78, 5) is 35.8. The van der Waals surface area contributed by atoms with Crippen molar-refractivity contribution in [3.05, 3.63) is 58.6 Å². The van der Waals surface area contributed by atoms with Crippen LogP contribution in [-0.4, -0.2) is 37.5 Å². The highest BCUT2D eigenvalue weighted by Gasteiger charge is 2.33. The summed E-state index contributed by atoms with van der Waals surface area (Å²) in [6, 6.07) is 9.25. The van der Waals surface area contributed by atoms with Gasteiger partial charge in [-0.15, -0.1) is 0 Å². The molecule has 166 valence electrons. The van der Waals surface area contributed by atoms with Gasteiger partial charge in [0.1, 0.15) is 12.3 Å². The normalized spacial score (nSPS) is 10.9. The largest absolute Gasteiger partial charge is 0.493 e. The van der Waals surface area contributed by atoms with Crippen molar-refractivity contribution in [2.24, 2.45) is 0 Å². The summed E-state index contributed by atoms with van der Waals surface area (Å²) in [5.74, 6) is -2.01. The lowest BCUT2D eigenvalue weighted by atomic mass is 10.2. The number of amides is 2. The van der Waals surface area contributed by atoms with E-state index in [4.69, 9.17) is 21.1 Å². The molecule has 0 saturated carbocycles. The Labute approximate surface area is 180 Å². The van der Waals surface area contributed by atoms with Crippen LogP contribution in [0.5, 0.6) is 5.75 Å². The van der Waals surface area contributed by atoms with Gasteiger partial charge in [-0.2, -0.15) is 13.2 Å². The Morgan fingerprint density at radius 1 is 1.10 bits per heavy atom. The predicted molar refractivity (Wildman–Crippen MR) is 106 cm³/mol. The number of hydrogen-bond acceptors (Lipinski definition) is 5. The molecule has 0 atom stereocenters. The Hall–Kier alpha value is -3.27. The van der Waals surface area contributed by atoms with Crippen LogP contribution in [0.2, 0.25) is 5.02 Å². The van der Waals surface area contributed by atoms with Crippen molar-refractivity contribution in [3.63, 3.8) is 0 Å². The summed E-state index contributed by atoms with van der Waals surface area (Å²) in [7, 11) is 0. The standard InChI is InChI=1S/C20H18ClF3N2O5/c1-2-30-16-6-4-3-5-13(16)19(29)25-10-18(28)31-11-17(27)26-12-7-8-15(21)14(9-12)20(22,23)24/h3-9H,2,10-11H2,1H3,(H,25,29)(H,26,27). The highest BCUT2D eigenvalue weighted by molar-refractivity contribution is 6.31. The van der Waals surface area contributed by atoms with E-state index in [-0.39, 0.29) is 11.3 Å². The highest BCUT2D eigenvalue weighted by atomic mass is 35.5. The number of alkyl halides is 3. The Morgan fingerprint density at radius 2 is 1.81 bits per heavy atom. The predicted octanol–water partition coefficient (Wildman–Crippen LogP) is 3.67. The van der Waals surface area contributed by atoms with Gasteiger partial charge in [-0.1, -0.05) is 23.7 Å². The van der Waals surface area contributed by atoms with Crippen LogP contribution in [-0.2, 0) is 20.5 Å². The van der Waals surface area contributed by atoms with Crippen LogP contribution >= 0.6 is 11.6 Å². The second-order valence-corrected chi connectivity index (χ2v) is 6.42. The van der Waals surface area contributed by atoms with Crippen LogP contribution in [0.15, 0.2) is 42.5 Å².